The van der Waals surface area contributed by atoms with Crippen LogP contribution < -0.4 is 5.32 Å². The van der Waals surface area contributed by atoms with E-state index in [9.17, 15) is 0 Å². The van der Waals surface area contributed by atoms with Crippen molar-refractivity contribution in [3.05, 3.63) is 34.3 Å². The molecule has 0 unspecified atom stereocenters. The Morgan fingerprint density at radius 1 is 1.22 bits per heavy atom. The lowest BCUT2D eigenvalue weighted by Gasteiger charge is -2.42. The molecule has 1 aromatic rings. The van der Waals surface area contributed by atoms with Crippen LogP contribution >= 0.6 is 15.9 Å². The first-order chi connectivity index (χ1) is 8.70. The van der Waals surface area contributed by atoms with E-state index in [1.165, 1.54) is 5.56 Å². The summed E-state index contributed by atoms with van der Waals surface area (Å²) in [5.41, 5.74) is 1.29. The van der Waals surface area contributed by atoms with Crippen molar-refractivity contribution in [2.24, 2.45) is 5.92 Å². The van der Waals surface area contributed by atoms with Crippen LogP contribution in [0.15, 0.2) is 28.7 Å². The molecule has 3 rings (SSSR count). The molecule has 2 atom stereocenters. The van der Waals surface area contributed by atoms with Gasteiger partial charge in [0.1, 0.15) is 0 Å². The van der Waals surface area contributed by atoms with Crippen LogP contribution in [0.25, 0.3) is 0 Å². The minimum Gasteiger partial charge on any atom is -0.347 e. The Labute approximate surface area is 116 Å². The van der Waals surface area contributed by atoms with Crippen molar-refractivity contribution >= 4 is 15.9 Å². The quantitative estimate of drug-likeness (QED) is 0.865. The highest BCUT2D eigenvalue weighted by Crippen LogP contribution is 2.40. The van der Waals surface area contributed by atoms with Gasteiger partial charge in [-0.3, -0.25) is 0 Å². The molecule has 98 valence electrons. The molecule has 2 aliphatic heterocycles. The fourth-order valence-electron chi connectivity index (χ4n) is 2.84. The van der Waals surface area contributed by atoms with E-state index in [1.54, 1.807) is 0 Å². The van der Waals surface area contributed by atoms with Gasteiger partial charge in [0.05, 0.1) is 13.2 Å². The molecule has 2 aliphatic rings. The highest BCUT2D eigenvalue weighted by atomic mass is 79.9. The molecule has 2 saturated heterocycles. The normalized spacial score (nSPS) is 30.8. The zero-order chi connectivity index (χ0) is 12.6. The lowest BCUT2D eigenvalue weighted by atomic mass is 9.86. The summed E-state index contributed by atoms with van der Waals surface area (Å²) in [5.74, 6) is 0.0231. The van der Waals surface area contributed by atoms with Gasteiger partial charge >= 0.3 is 0 Å². The van der Waals surface area contributed by atoms with Gasteiger partial charge in [0.25, 0.3) is 0 Å². The van der Waals surface area contributed by atoms with Crippen molar-refractivity contribution < 1.29 is 9.47 Å². The average Bonchev–Trinajstić information content (AvgIpc) is 2.84. The van der Waals surface area contributed by atoms with Gasteiger partial charge in [-0.1, -0.05) is 35.0 Å². The lowest BCUT2D eigenvalue weighted by Crippen LogP contribution is -2.51. The topological polar surface area (TPSA) is 30.5 Å². The van der Waals surface area contributed by atoms with Crippen molar-refractivity contribution in [1.29, 1.82) is 0 Å². The summed E-state index contributed by atoms with van der Waals surface area (Å²) in [5, 5.41) is 3.58. The van der Waals surface area contributed by atoms with Gasteiger partial charge in [-0.2, -0.15) is 0 Å². The second-order valence-corrected chi connectivity index (χ2v) is 6.04. The summed E-state index contributed by atoms with van der Waals surface area (Å²) < 4.78 is 12.9. The van der Waals surface area contributed by atoms with Crippen LogP contribution in [0.3, 0.4) is 0 Å². The van der Waals surface area contributed by atoms with Crippen molar-refractivity contribution in [3.63, 3.8) is 0 Å². The van der Waals surface area contributed by atoms with Crippen molar-refractivity contribution in [2.45, 2.75) is 25.2 Å². The number of benzene rings is 1. The van der Waals surface area contributed by atoms with Crippen molar-refractivity contribution in [3.8, 4) is 0 Å². The monoisotopic (exact) mass is 311 g/mol. The highest BCUT2D eigenvalue weighted by molar-refractivity contribution is 9.10. The maximum absolute atomic E-state index is 5.90. The van der Waals surface area contributed by atoms with Crippen LogP contribution in [0, 0.1) is 5.92 Å². The van der Waals surface area contributed by atoms with Crippen LogP contribution in [-0.2, 0) is 9.47 Å². The summed E-state index contributed by atoms with van der Waals surface area (Å²) in [6.07, 6.45) is 0.885. The Morgan fingerprint density at radius 2 is 1.89 bits per heavy atom. The number of piperidine rings is 1. The van der Waals surface area contributed by atoms with E-state index in [-0.39, 0.29) is 5.79 Å². The molecule has 0 radical (unpaired) electrons. The number of rotatable bonds is 1. The first-order valence-electron chi connectivity index (χ1n) is 6.46. The number of hydrogen-bond donors (Lipinski definition) is 1. The van der Waals surface area contributed by atoms with Gasteiger partial charge in [0.2, 0.25) is 0 Å². The second kappa shape index (κ2) is 4.93. The third kappa shape index (κ3) is 2.23. The van der Waals surface area contributed by atoms with E-state index < -0.39 is 0 Å². The number of halogens is 1. The van der Waals surface area contributed by atoms with E-state index in [2.05, 4.69) is 52.4 Å². The minimum absolute atomic E-state index is 0.312. The maximum Gasteiger partial charge on any atom is 0.174 e. The molecule has 2 heterocycles. The molecule has 2 fully saturated rings. The van der Waals surface area contributed by atoms with Crippen LogP contribution in [-0.4, -0.2) is 25.5 Å². The molecule has 0 amide bonds. The molecule has 1 aromatic carbocycles. The van der Waals surface area contributed by atoms with E-state index >= 15 is 0 Å². The van der Waals surface area contributed by atoms with Crippen LogP contribution in [0.2, 0.25) is 0 Å². The Hall–Kier alpha value is -0.420. The predicted molar refractivity (Wildman–Crippen MR) is 73.3 cm³/mol. The van der Waals surface area contributed by atoms with E-state index in [1.807, 2.05) is 0 Å². The fourth-order valence-corrected chi connectivity index (χ4v) is 3.10. The molecule has 1 spiro atoms. The van der Waals surface area contributed by atoms with Crippen LogP contribution in [0.5, 0.6) is 0 Å². The minimum atomic E-state index is -0.372. The van der Waals surface area contributed by atoms with E-state index in [4.69, 9.17) is 9.47 Å². The van der Waals surface area contributed by atoms with E-state index in [0.29, 0.717) is 12.0 Å². The zero-order valence-electron chi connectivity index (χ0n) is 10.5. The molecule has 0 bridgehead atoms. The van der Waals surface area contributed by atoms with Crippen LogP contribution in [0.1, 0.15) is 24.9 Å². The average molecular weight is 312 g/mol. The smallest absolute Gasteiger partial charge is 0.174 e. The number of nitrogens with one attached hydrogen (secondary N) is 1. The fraction of sp³-hybridized carbons (Fsp3) is 0.571. The molecule has 3 nitrogen and oxygen atoms in total. The summed E-state index contributed by atoms with van der Waals surface area (Å²) >= 11 is 3.47. The van der Waals surface area contributed by atoms with Crippen molar-refractivity contribution in [1.82, 2.24) is 5.32 Å². The summed E-state index contributed by atoms with van der Waals surface area (Å²) in [6.45, 7) is 4.56. The van der Waals surface area contributed by atoms with Crippen molar-refractivity contribution in [2.75, 3.05) is 19.8 Å². The standard InChI is InChI=1S/C14H18BrNO2/c1-10-9-16-13(8-14(10)17-6-7-18-14)11-2-4-12(15)5-3-11/h2-5,10,13,16H,6-9H2,1H3/t10-,13-/m1/s1. The first-order valence-corrected chi connectivity index (χ1v) is 7.26. The Balaban J connectivity index is 1.80. The SMILES string of the molecule is C[C@@H]1CN[C@@H](c2ccc(Br)cc2)CC12OCCO2. The molecular formula is C14H18BrNO2. The first kappa shape index (κ1) is 12.6. The maximum atomic E-state index is 5.90. The molecule has 4 heteroatoms. The van der Waals surface area contributed by atoms with Gasteiger partial charge in [-0.15, -0.1) is 0 Å². The Morgan fingerprint density at radius 3 is 2.56 bits per heavy atom. The van der Waals surface area contributed by atoms with Gasteiger partial charge < -0.3 is 14.8 Å². The molecule has 0 saturated carbocycles. The van der Waals surface area contributed by atoms with E-state index in [0.717, 1.165) is 30.7 Å². The summed E-state index contributed by atoms with van der Waals surface area (Å²) in [7, 11) is 0. The third-order valence-electron chi connectivity index (χ3n) is 3.96. The second-order valence-electron chi connectivity index (χ2n) is 5.13. The zero-order valence-corrected chi connectivity index (χ0v) is 12.1. The highest BCUT2D eigenvalue weighted by Gasteiger charge is 2.46. The molecule has 0 aromatic heterocycles. The predicted octanol–water partition coefficient (Wildman–Crippen LogP) is 2.86. The Bertz CT molecular complexity index is 414. The molecule has 18 heavy (non-hydrogen) atoms. The van der Waals surface area contributed by atoms with Crippen LogP contribution in [0.4, 0.5) is 0 Å². The molecular weight excluding hydrogens is 294 g/mol. The largest absolute Gasteiger partial charge is 0.347 e. The van der Waals surface area contributed by atoms with Gasteiger partial charge in [0.15, 0.2) is 5.79 Å². The third-order valence-corrected chi connectivity index (χ3v) is 4.49. The van der Waals surface area contributed by atoms with Gasteiger partial charge in [0, 0.05) is 29.4 Å². The lowest BCUT2D eigenvalue weighted by molar-refractivity contribution is -0.210. The Kier molecular flexibility index (Phi) is 3.45. The number of hydrogen-bond acceptors (Lipinski definition) is 3. The van der Waals surface area contributed by atoms with Gasteiger partial charge in [-0.25, -0.2) is 0 Å². The summed E-state index contributed by atoms with van der Waals surface area (Å²) in [6, 6.07) is 8.78. The summed E-state index contributed by atoms with van der Waals surface area (Å²) in [4.78, 5) is 0. The molecule has 0 aliphatic carbocycles. The molecule has 1 N–H and O–H groups in total. The van der Waals surface area contributed by atoms with Gasteiger partial charge in [-0.05, 0) is 17.7 Å². The number of ether oxygens (including phenoxy) is 2.